The van der Waals surface area contributed by atoms with Gasteiger partial charge in [-0.15, -0.1) is 0 Å². The second-order valence-electron chi connectivity index (χ2n) is 5.69. The van der Waals surface area contributed by atoms with Crippen LogP contribution in [-0.2, 0) is 10.0 Å². The van der Waals surface area contributed by atoms with Gasteiger partial charge in [-0.1, -0.05) is 38.5 Å². The Bertz CT molecular complexity index is 555. The zero-order valence-electron chi connectivity index (χ0n) is 12.2. The third-order valence-electron chi connectivity index (χ3n) is 3.97. The van der Waals surface area contributed by atoms with Crippen LogP contribution in [0.25, 0.3) is 0 Å². The van der Waals surface area contributed by atoms with Crippen molar-refractivity contribution in [3.05, 3.63) is 29.8 Å². The maximum Gasteiger partial charge on any atom is 0.243 e. The Hall–Kier alpha value is -0.910. The zero-order valence-corrected chi connectivity index (χ0v) is 13.1. The van der Waals surface area contributed by atoms with Gasteiger partial charge >= 0.3 is 0 Å². The van der Waals surface area contributed by atoms with E-state index in [2.05, 4.69) is 0 Å². The molecule has 0 amide bonds. The van der Waals surface area contributed by atoms with Crippen molar-refractivity contribution in [1.82, 2.24) is 4.31 Å². The molecule has 1 saturated heterocycles. The van der Waals surface area contributed by atoms with Crippen LogP contribution in [0, 0.1) is 0 Å². The van der Waals surface area contributed by atoms with Crippen LogP contribution >= 0.6 is 0 Å². The van der Waals surface area contributed by atoms with E-state index in [1.54, 1.807) is 16.4 Å². The molecular formula is C15H24N2O2S. The highest BCUT2D eigenvalue weighted by Crippen LogP contribution is 2.29. The number of rotatable bonds is 4. The van der Waals surface area contributed by atoms with E-state index in [0.29, 0.717) is 18.0 Å². The summed E-state index contributed by atoms with van der Waals surface area (Å²) in [4.78, 5) is 0.440. The second-order valence-corrected chi connectivity index (χ2v) is 7.55. The first kappa shape index (κ1) is 15.5. The number of benzene rings is 1. The van der Waals surface area contributed by atoms with Crippen molar-refractivity contribution in [2.45, 2.75) is 50.0 Å². The molecule has 1 aromatic carbocycles. The van der Waals surface area contributed by atoms with Gasteiger partial charge in [0.2, 0.25) is 10.0 Å². The van der Waals surface area contributed by atoms with E-state index in [1.165, 1.54) is 0 Å². The van der Waals surface area contributed by atoms with Gasteiger partial charge in [0.25, 0.3) is 0 Å². The monoisotopic (exact) mass is 296 g/mol. The minimum atomic E-state index is -3.45. The average molecular weight is 296 g/mol. The molecule has 1 heterocycles. The topological polar surface area (TPSA) is 63.4 Å². The van der Waals surface area contributed by atoms with Crippen molar-refractivity contribution in [3.63, 3.8) is 0 Å². The lowest BCUT2D eigenvalue weighted by atomic mass is 10.0. The molecule has 1 fully saturated rings. The summed E-state index contributed by atoms with van der Waals surface area (Å²) in [5.41, 5.74) is 6.64. The van der Waals surface area contributed by atoms with Crippen molar-refractivity contribution in [2.24, 2.45) is 5.73 Å². The second kappa shape index (κ2) is 6.24. The summed E-state index contributed by atoms with van der Waals surface area (Å²) in [6.07, 6.45) is 2.83. The third-order valence-corrected chi connectivity index (χ3v) is 6.00. The van der Waals surface area contributed by atoms with Crippen LogP contribution in [0.4, 0.5) is 0 Å². The lowest BCUT2D eigenvalue weighted by Gasteiger charge is -2.34. The third kappa shape index (κ3) is 2.90. The van der Waals surface area contributed by atoms with Gasteiger partial charge in [0.15, 0.2) is 0 Å². The maximum atomic E-state index is 13.0. The number of hydrogen-bond acceptors (Lipinski definition) is 3. The van der Waals surface area contributed by atoms with Crippen molar-refractivity contribution in [2.75, 3.05) is 13.1 Å². The van der Waals surface area contributed by atoms with Crippen LogP contribution in [0.15, 0.2) is 29.2 Å². The molecule has 0 aliphatic carbocycles. The normalized spacial score (nSPS) is 21.3. The van der Waals surface area contributed by atoms with Crippen molar-refractivity contribution < 1.29 is 8.42 Å². The minimum Gasteiger partial charge on any atom is -0.329 e. The fraction of sp³-hybridized carbons (Fsp3) is 0.600. The van der Waals surface area contributed by atoms with Crippen LogP contribution in [0.2, 0.25) is 0 Å². The highest BCUT2D eigenvalue weighted by molar-refractivity contribution is 7.89. The molecule has 1 aliphatic heterocycles. The molecule has 4 nitrogen and oxygen atoms in total. The molecule has 0 radical (unpaired) electrons. The Balaban J connectivity index is 2.44. The summed E-state index contributed by atoms with van der Waals surface area (Å²) in [5.74, 6) is 0.182. The van der Waals surface area contributed by atoms with Gasteiger partial charge in [-0.2, -0.15) is 4.31 Å². The van der Waals surface area contributed by atoms with E-state index in [-0.39, 0.29) is 12.0 Å². The first-order valence-corrected chi connectivity index (χ1v) is 8.73. The van der Waals surface area contributed by atoms with Crippen LogP contribution in [0.3, 0.4) is 0 Å². The average Bonchev–Trinajstić information content (AvgIpc) is 2.47. The molecule has 5 heteroatoms. The van der Waals surface area contributed by atoms with Gasteiger partial charge in [0.05, 0.1) is 4.90 Å². The van der Waals surface area contributed by atoms with Crippen LogP contribution in [0.1, 0.15) is 44.6 Å². The summed E-state index contributed by atoms with van der Waals surface area (Å²) in [5, 5.41) is 0. The van der Waals surface area contributed by atoms with Gasteiger partial charge < -0.3 is 5.73 Å². The lowest BCUT2D eigenvalue weighted by Crippen LogP contribution is -2.47. The van der Waals surface area contributed by atoms with Crippen LogP contribution in [-0.4, -0.2) is 31.9 Å². The molecular weight excluding hydrogens is 272 g/mol. The van der Waals surface area contributed by atoms with Gasteiger partial charge in [0, 0.05) is 19.1 Å². The Kier molecular flexibility index (Phi) is 4.83. The lowest BCUT2D eigenvalue weighted by molar-refractivity contribution is 0.257. The van der Waals surface area contributed by atoms with Gasteiger partial charge in [-0.25, -0.2) is 8.42 Å². The molecule has 0 bridgehead atoms. The molecule has 0 aromatic heterocycles. The number of piperidine rings is 1. The molecule has 1 unspecified atom stereocenters. The predicted octanol–water partition coefficient (Wildman–Crippen LogP) is 2.31. The Morgan fingerprint density at radius 2 is 2.00 bits per heavy atom. The van der Waals surface area contributed by atoms with Gasteiger partial charge in [-0.3, -0.25) is 0 Å². The molecule has 0 spiro atoms. The smallest absolute Gasteiger partial charge is 0.243 e. The first-order chi connectivity index (χ1) is 9.48. The zero-order chi connectivity index (χ0) is 14.8. The fourth-order valence-electron chi connectivity index (χ4n) is 2.84. The largest absolute Gasteiger partial charge is 0.329 e. The summed E-state index contributed by atoms with van der Waals surface area (Å²) >= 11 is 0. The molecule has 1 aliphatic rings. The van der Waals surface area contributed by atoms with E-state index in [4.69, 9.17) is 5.73 Å². The summed E-state index contributed by atoms with van der Waals surface area (Å²) in [7, 11) is -3.45. The summed E-state index contributed by atoms with van der Waals surface area (Å²) < 4.78 is 27.5. The maximum absolute atomic E-state index is 13.0. The van der Waals surface area contributed by atoms with E-state index in [0.717, 1.165) is 24.8 Å². The number of sulfonamides is 1. The standard InChI is InChI=1S/C15H24N2O2S/c1-12(2)14-8-3-4-9-15(14)20(18,19)17-10-6-5-7-13(17)11-16/h3-4,8-9,12-13H,5-7,10-11,16H2,1-2H3. The number of nitrogens with two attached hydrogens (primary N) is 1. The summed E-state index contributed by atoms with van der Waals surface area (Å²) in [6.45, 7) is 5.01. The Morgan fingerprint density at radius 1 is 1.30 bits per heavy atom. The fourth-order valence-corrected chi connectivity index (χ4v) is 4.90. The SMILES string of the molecule is CC(C)c1ccccc1S(=O)(=O)N1CCCCC1CN. The van der Waals surface area contributed by atoms with E-state index in [1.807, 2.05) is 26.0 Å². The van der Waals surface area contributed by atoms with Gasteiger partial charge in [0.1, 0.15) is 0 Å². The number of nitrogens with zero attached hydrogens (tertiary/aromatic N) is 1. The van der Waals surface area contributed by atoms with Crippen molar-refractivity contribution >= 4 is 10.0 Å². The Morgan fingerprint density at radius 3 is 2.65 bits per heavy atom. The molecule has 1 aromatic rings. The van der Waals surface area contributed by atoms with Crippen LogP contribution in [0.5, 0.6) is 0 Å². The van der Waals surface area contributed by atoms with E-state index < -0.39 is 10.0 Å². The highest BCUT2D eigenvalue weighted by atomic mass is 32.2. The summed E-state index contributed by atoms with van der Waals surface area (Å²) in [6, 6.07) is 7.24. The molecule has 2 rings (SSSR count). The molecule has 20 heavy (non-hydrogen) atoms. The van der Waals surface area contributed by atoms with Gasteiger partial charge in [-0.05, 0) is 30.4 Å². The first-order valence-electron chi connectivity index (χ1n) is 7.29. The van der Waals surface area contributed by atoms with Crippen molar-refractivity contribution in [1.29, 1.82) is 0 Å². The molecule has 1 atom stereocenters. The highest BCUT2D eigenvalue weighted by Gasteiger charge is 2.34. The Labute approximate surface area is 122 Å². The molecule has 0 saturated carbocycles. The number of hydrogen-bond donors (Lipinski definition) is 1. The van der Waals surface area contributed by atoms with E-state index >= 15 is 0 Å². The minimum absolute atomic E-state index is 0.0611. The quantitative estimate of drug-likeness (QED) is 0.927. The van der Waals surface area contributed by atoms with E-state index in [9.17, 15) is 8.42 Å². The van der Waals surface area contributed by atoms with Crippen molar-refractivity contribution in [3.8, 4) is 0 Å². The predicted molar refractivity (Wildman–Crippen MR) is 81.1 cm³/mol. The van der Waals surface area contributed by atoms with Crippen LogP contribution < -0.4 is 5.73 Å². The molecule has 2 N–H and O–H groups in total. The molecule has 112 valence electrons.